The van der Waals surface area contributed by atoms with Gasteiger partial charge < -0.3 is 10.4 Å². The molecule has 0 aliphatic carbocycles. The number of carbonyl (C=O) groups excluding carboxylic acids is 1. The van der Waals surface area contributed by atoms with Crippen molar-refractivity contribution < 1.29 is 9.90 Å². The van der Waals surface area contributed by atoms with Crippen molar-refractivity contribution in [2.24, 2.45) is 0 Å². The zero-order chi connectivity index (χ0) is 16.1. The third-order valence-corrected chi connectivity index (χ3v) is 4.81. The Morgan fingerprint density at radius 1 is 1.09 bits per heavy atom. The van der Waals surface area contributed by atoms with E-state index in [1.54, 1.807) is 0 Å². The van der Waals surface area contributed by atoms with Crippen molar-refractivity contribution in [2.75, 3.05) is 32.7 Å². The SMILES string of the molecule is O=C(CN1CCC(O)CC1)N[C@@H]1CCN(Cc2ccccc2)C1. The van der Waals surface area contributed by atoms with Crippen molar-refractivity contribution >= 4 is 5.91 Å². The molecule has 126 valence electrons. The largest absolute Gasteiger partial charge is 0.393 e. The summed E-state index contributed by atoms with van der Waals surface area (Å²) >= 11 is 0. The maximum absolute atomic E-state index is 12.2. The predicted molar refractivity (Wildman–Crippen MR) is 89.9 cm³/mol. The fourth-order valence-corrected chi connectivity index (χ4v) is 3.49. The summed E-state index contributed by atoms with van der Waals surface area (Å²) in [5.41, 5.74) is 1.33. The highest BCUT2D eigenvalue weighted by atomic mass is 16.3. The molecule has 2 fully saturated rings. The Bertz CT molecular complexity index is 500. The van der Waals surface area contributed by atoms with Crippen LogP contribution < -0.4 is 5.32 Å². The van der Waals surface area contributed by atoms with E-state index in [4.69, 9.17) is 0 Å². The van der Waals surface area contributed by atoms with E-state index < -0.39 is 0 Å². The normalized spacial score (nSPS) is 24.0. The molecule has 0 spiro atoms. The highest BCUT2D eigenvalue weighted by Gasteiger charge is 2.25. The molecular formula is C18H27N3O2. The van der Waals surface area contributed by atoms with E-state index in [1.807, 2.05) is 6.07 Å². The van der Waals surface area contributed by atoms with Gasteiger partial charge in [0.15, 0.2) is 0 Å². The third-order valence-electron chi connectivity index (χ3n) is 4.81. The van der Waals surface area contributed by atoms with Crippen LogP contribution in [0.5, 0.6) is 0 Å². The molecule has 23 heavy (non-hydrogen) atoms. The van der Waals surface area contributed by atoms with Crippen LogP contribution in [0.15, 0.2) is 30.3 Å². The molecule has 5 nitrogen and oxygen atoms in total. The molecule has 2 aliphatic rings. The topological polar surface area (TPSA) is 55.8 Å². The monoisotopic (exact) mass is 317 g/mol. The van der Waals surface area contributed by atoms with E-state index in [0.717, 1.165) is 52.0 Å². The lowest BCUT2D eigenvalue weighted by atomic mass is 10.1. The smallest absolute Gasteiger partial charge is 0.234 e. The quantitative estimate of drug-likeness (QED) is 0.845. The Morgan fingerprint density at radius 3 is 2.52 bits per heavy atom. The second kappa shape index (κ2) is 7.90. The van der Waals surface area contributed by atoms with Gasteiger partial charge in [-0.2, -0.15) is 0 Å². The maximum Gasteiger partial charge on any atom is 0.234 e. The standard InChI is InChI=1S/C18H27N3O2/c22-17-7-10-20(11-8-17)14-18(23)19-16-6-9-21(13-16)12-15-4-2-1-3-5-15/h1-5,16-17,22H,6-14H2,(H,19,23)/t16-/m1/s1. The summed E-state index contributed by atoms with van der Waals surface area (Å²) in [4.78, 5) is 16.7. The second-order valence-electron chi connectivity index (χ2n) is 6.78. The molecule has 0 bridgehead atoms. The van der Waals surface area contributed by atoms with Gasteiger partial charge in [0.2, 0.25) is 5.91 Å². The summed E-state index contributed by atoms with van der Waals surface area (Å²) in [6.07, 6.45) is 2.40. The summed E-state index contributed by atoms with van der Waals surface area (Å²) < 4.78 is 0. The fourth-order valence-electron chi connectivity index (χ4n) is 3.49. The minimum Gasteiger partial charge on any atom is -0.393 e. The molecule has 2 saturated heterocycles. The van der Waals surface area contributed by atoms with Gasteiger partial charge >= 0.3 is 0 Å². The molecule has 0 saturated carbocycles. The van der Waals surface area contributed by atoms with Gasteiger partial charge in [-0.05, 0) is 24.8 Å². The average molecular weight is 317 g/mol. The van der Waals surface area contributed by atoms with Crippen LogP contribution in [0, 0.1) is 0 Å². The fraction of sp³-hybridized carbons (Fsp3) is 0.611. The van der Waals surface area contributed by atoms with E-state index in [9.17, 15) is 9.90 Å². The summed E-state index contributed by atoms with van der Waals surface area (Å²) in [6, 6.07) is 10.7. The number of amides is 1. The highest BCUT2D eigenvalue weighted by molar-refractivity contribution is 5.78. The van der Waals surface area contributed by atoms with Crippen LogP contribution >= 0.6 is 0 Å². The first-order chi connectivity index (χ1) is 11.2. The molecular weight excluding hydrogens is 290 g/mol. The number of aliphatic hydroxyl groups excluding tert-OH is 1. The van der Waals surface area contributed by atoms with Crippen molar-refractivity contribution in [1.82, 2.24) is 15.1 Å². The molecule has 1 aromatic rings. The van der Waals surface area contributed by atoms with Crippen LogP contribution in [0.2, 0.25) is 0 Å². The molecule has 0 radical (unpaired) electrons. The Hall–Kier alpha value is -1.43. The molecule has 2 aliphatic heterocycles. The van der Waals surface area contributed by atoms with Gasteiger partial charge in [-0.25, -0.2) is 0 Å². The minimum absolute atomic E-state index is 0.118. The lowest BCUT2D eigenvalue weighted by Crippen LogP contribution is -2.45. The van der Waals surface area contributed by atoms with E-state index in [-0.39, 0.29) is 18.1 Å². The van der Waals surface area contributed by atoms with Crippen molar-refractivity contribution in [3.8, 4) is 0 Å². The number of hydrogen-bond acceptors (Lipinski definition) is 4. The lowest BCUT2D eigenvalue weighted by Gasteiger charge is -2.29. The van der Waals surface area contributed by atoms with Gasteiger partial charge in [0, 0.05) is 38.8 Å². The van der Waals surface area contributed by atoms with E-state index in [0.29, 0.717) is 6.54 Å². The van der Waals surface area contributed by atoms with Crippen LogP contribution in [0.4, 0.5) is 0 Å². The van der Waals surface area contributed by atoms with Gasteiger partial charge in [0.05, 0.1) is 12.6 Å². The molecule has 5 heteroatoms. The molecule has 0 unspecified atom stereocenters. The highest BCUT2D eigenvalue weighted by Crippen LogP contribution is 2.14. The van der Waals surface area contributed by atoms with Crippen LogP contribution in [-0.2, 0) is 11.3 Å². The first-order valence-corrected chi connectivity index (χ1v) is 8.65. The Kier molecular flexibility index (Phi) is 5.65. The third kappa shape index (κ3) is 5.03. The van der Waals surface area contributed by atoms with Crippen LogP contribution in [-0.4, -0.2) is 65.7 Å². The first kappa shape index (κ1) is 16.4. The van der Waals surface area contributed by atoms with Crippen LogP contribution in [0.1, 0.15) is 24.8 Å². The van der Waals surface area contributed by atoms with Crippen LogP contribution in [0.3, 0.4) is 0 Å². The summed E-state index contributed by atoms with van der Waals surface area (Å²) in [7, 11) is 0. The zero-order valence-electron chi connectivity index (χ0n) is 13.7. The zero-order valence-corrected chi connectivity index (χ0v) is 13.7. The Labute approximate surface area is 138 Å². The Morgan fingerprint density at radius 2 is 1.78 bits per heavy atom. The van der Waals surface area contributed by atoms with Crippen molar-refractivity contribution in [3.63, 3.8) is 0 Å². The number of nitrogens with zero attached hydrogens (tertiary/aromatic N) is 2. The van der Waals surface area contributed by atoms with Crippen LogP contribution in [0.25, 0.3) is 0 Å². The molecule has 2 heterocycles. The van der Waals surface area contributed by atoms with E-state index in [2.05, 4.69) is 39.4 Å². The first-order valence-electron chi connectivity index (χ1n) is 8.65. The van der Waals surface area contributed by atoms with Crippen molar-refractivity contribution in [3.05, 3.63) is 35.9 Å². The predicted octanol–water partition coefficient (Wildman–Crippen LogP) is 0.834. The van der Waals surface area contributed by atoms with Gasteiger partial charge in [-0.3, -0.25) is 14.6 Å². The minimum atomic E-state index is -0.185. The number of rotatable bonds is 5. The van der Waals surface area contributed by atoms with E-state index >= 15 is 0 Å². The average Bonchev–Trinajstić information content (AvgIpc) is 2.97. The van der Waals surface area contributed by atoms with E-state index in [1.165, 1.54) is 5.56 Å². The van der Waals surface area contributed by atoms with Crippen molar-refractivity contribution in [1.29, 1.82) is 0 Å². The maximum atomic E-state index is 12.2. The molecule has 3 rings (SSSR count). The van der Waals surface area contributed by atoms with Gasteiger partial charge in [-0.15, -0.1) is 0 Å². The number of aliphatic hydroxyl groups is 1. The van der Waals surface area contributed by atoms with Gasteiger partial charge in [-0.1, -0.05) is 30.3 Å². The summed E-state index contributed by atoms with van der Waals surface area (Å²) in [5, 5.41) is 12.7. The second-order valence-corrected chi connectivity index (χ2v) is 6.78. The number of piperidine rings is 1. The lowest BCUT2D eigenvalue weighted by molar-refractivity contribution is -0.123. The molecule has 0 aromatic heterocycles. The summed E-state index contributed by atoms with van der Waals surface area (Å²) in [6.45, 7) is 5.02. The van der Waals surface area contributed by atoms with Gasteiger partial charge in [0.1, 0.15) is 0 Å². The summed E-state index contributed by atoms with van der Waals surface area (Å²) in [5.74, 6) is 0.118. The number of nitrogens with one attached hydrogen (secondary N) is 1. The van der Waals surface area contributed by atoms with Gasteiger partial charge in [0.25, 0.3) is 0 Å². The Balaban J connectivity index is 1.38. The molecule has 1 atom stereocenters. The number of likely N-dealkylation sites (tertiary alicyclic amines) is 2. The van der Waals surface area contributed by atoms with Crippen molar-refractivity contribution in [2.45, 2.75) is 38.0 Å². The molecule has 1 amide bonds. The number of carbonyl (C=O) groups is 1. The number of benzene rings is 1. The molecule has 1 aromatic carbocycles. The molecule has 2 N–H and O–H groups in total. The number of hydrogen-bond donors (Lipinski definition) is 2.